The fourth-order valence-corrected chi connectivity index (χ4v) is 6.90. The molecular weight excluding hydrogens is 963 g/mol. The largest absolute Gasteiger partial charge is 0.396 e. The number of aliphatic hydroxyl groups is 1. The number of unbranched alkanes of at least 4 members (excludes halogenated alkanes) is 3. The van der Waals surface area contributed by atoms with Gasteiger partial charge in [-0.1, -0.05) is 166 Å². The average Bonchev–Trinajstić information content (AvgIpc) is 3.81. The number of aliphatic hydroxyl groups excluding tert-OH is 1. The van der Waals surface area contributed by atoms with Crippen molar-refractivity contribution in [2.75, 3.05) is 80.7 Å². The summed E-state index contributed by atoms with van der Waals surface area (Å²) in [5.74, 6) is 1.32. The van der Waals surface area contributed by atoms with Crippen molar-refractivity contribution in [3.63, 3.8) is 0 Å². The average molecular weight is 1080 g/mol. The summed E-state index contributed by atoms with van der Waals surface area (Å²) in [4.78, 5) is 27.3. The summed E-state index contributed by atoms with van der Waals surface area (Å²) >= 11 is 0. The molecule has 2 aliphatic rings. The molecule has 2 aromatic carbocycles. The predicted molar refractivity (Wildman–Crippen MR) is 340 cm³/mol. The molecule has 13 N–H and O–H groups in total. The number of aldehydes is 1. The summed E-state index contributed by atoms with van der Waals surface area (Å²) in [5, 5.41) is 23.1. The normalized spacial score (nSPS) is 13.2. The van der Waals surface area contributed by atoms with Crippen molar-refractivity contribution in [1.82, 2.24) is 25.6 Å². The zero-order valence-electron chi connectivity index (χ0n) is 51.9. The standard InChI is InChI=1S/C22H31N7.C20H30N4O.C5H12O.C3H6O.C3H6.3C2H6.2CH5N/c1-5-6-7-12-24-15(2)17-8-10-18(11-9-17)25-13-19-14-26-21-20(28-19)16(3)27-22(23)29(21)4;1-5-6-11-16-23-17-18(24(16)12-20(2,3)13-25-4)14-9-7-8-10-15(14)22-19(17)21;1-5(2,3)4-6;1-2-3-4;1-3-2;5*1-2/h8-11,14,22,24-25,27H,2-3,5-7,12-13,23H2,1,4H3;7-10,16,23H,5-6,11-13H2,1-4H3,(H2,21,22);6H,4H2,1-3H3;3H,2H2,1H3;3H,1H2,2H3;3*1-2H3;2*2H2,1H3. The summed E-state index contributed by atoms with van der Waals surface area (Å²) in [6.07, 6.45) is 12.0. The molecule has 0 bridgehead atoms. The second kappa shape index (κ2) is 46.3. The molecule has 16 heteroatoms. The van der Waals surface area contributed by atoms with Gasteiger partial charge in [0.25, 0.3) is 0 Å². The molecule has 0 radical (unpaired) electrons. The molecule has 0 amide bonds. The van der Waals surface area contributed by atoms with Crippen molar-refractivity contribution in [2.45, 2.75) is 168 Å². The molecule has 0 spiro atoms. The first kappa shape index (κ1) is 77.7. The Hall–Kier alpha value is -5.78. The van der Waals surface area contributed by atoms with Gasteiger partial charge in [0, 0.05) is 62.5 Å². The number of methoxy groups -OCH3 is 1. The maximum absolute atomic E-state index is 9.17. The molecule has 0 saturated carbocycles. The number of para-hydroxylation sites is 1. The molecule has 2 aliphatic heterocycles. The van der Waals surface area contributed by atoms with Crippen molar-refractivity contribution in [2.24, 2.45) is 28.0 Å². The number of rotatable bonds is 17. The van der Waals surface area contributed by atoms with Gasteiger partial charge in [-0.25, -0.2) is 15.0 Å². The van der Waals surface area contributed by atoms with Crippen LogP contribution in [0, 0.1) is 10.8 Å². The lowest BCUT2D eigenvalue weighted by atomic mass is 9.93. The number of hydrogen-bond acceptors (Lipinski definition) is 16. The van der Waals surface area contributed by atoms with Gasteiger partial charge in [0.2, 0.25) is 0 Å². The van der Waals surface area contributed by atoms with E-state index in [-0.39, 0.29) is 29.9 Å². The Labute approximate surface area is 469 Å². The molecule has 2 unspecified atom stereocenters. The van der Waals surface area contributed by atoms with E-state index in [0.29, 0.717) is 24.5 Å². The van der Waals surface area contributed by atoms with Crippen LogP contribution in [0.5, 0.6) is 0 Å². The molecule has 16 nitrogen and oxygen atoms in total. The number of aromatic nitrogens is 3. The van der Waals surface area contributed by atoms with Crippen LogP contribution in [0.4, 0.5) is 28.7 Å². The molecule has 0 aliphatic carbocycles. The van der Waals surface area contributed by atoms with Gasteiger partial charge in [-0.2, -0.15) is 0 Å². The third kappa shape index (κ3) is 30.1. The van der Waals surface area contributed by atoms with Gasteiger partial charge < -0.3 is 62.9 Å². The highest BCUT2D eigenvalue weighted by Gasteiger charge is 2.36. The first-order valence-electron chi connectivity index (χ1n) is 27.9. The molecule has 2 aromatic heterocycles. The molecule has 77 heavy (non-hydrogen) atoms. The predicted octanol–water partition coefficient (Wildman–Crippen LogP) is 12.4. The van der Waals surface area contributed by atoms with Crippen LogP contribution < -0.4 is 54.0 Å². The second-order valence-corrected chi connectivity index (χ2v) is 18.7. The van der Waals surface area contributed by atoms with E-state index >= 15 is 0 Å². The minimum absolute atomic E-state index is 0.0433. The van der Waals surface area contributed by atoms with Crippen LogP contribution in [0.2, 0.25) is 0 Å². The number of ether oxygens (including phenoxy) is 1. The van der Waals surface area contributed by atoms with Crippen LogP contribution >= 0.6 is 0 Å². The monoisotopic (exact) mass is 1080 g/mol. The summed E-state index contributed by atoms with van der Waals surface area (Å²) in [7, 11) is 6.65. The number of carbonyl (C=O) groups is 1. The van der Waals surface area contributed by atoms with E-state index in [2.05, 4.69) is 124 Å². The highest BCUT2D eigenvalue weighted by molar-refractivity contribution is 6.04. The molecule has 0 saturated heterocycles. The van der Waals surface area contributed by atoms with Gasteiger partial charge in [-0.15, -0.1) is 6.58 Å². The Kier molecular flexibility index (Phi) is 46.8. The smallest absolute Gasteiger partial charge is 0.159 e. The Morgan fingerprint density at radius 3 is 1.95 bits per heavy atom. The van der Waals surface area contributed by atoms with Crippen molar-refractivity contribution in [3.05, 3.63) is 97.5 Å². The van der Waals surface area contributed by atoms with Crippen molar-refractivity contribution in [1.29, 1.82) is 0 Å². The molecular formula is C61H113N13O3. The van der Waals surface area contributed by atoms with E-state index in [1.54, 1.807) is 19.4 Å². The SMILES string of the molecule is C=C(NCCCCC)c1ccc(NCc2cnc3c(n2)C(=C)NC(N)N3C)cc1.C=CC.CC.CC.CC.CC(C)(C)CO.CCC=O.CCCCC1Nc2c(N)nc3ccccc3c2N1CC(C)(C)COC.CN.CN. The molecule has 2 atom stereocenters. The van der Waals surface area contributed by atoms with Gasteiger partial charge in [0.05, 0.1) is 48.1 Å². The van der Waals surface area contributed by atoms with Gasteiger partial charge in [0.1, 0.15) is 23.5 Å². The van der Waals surface area contributed by atoms with Crippen molar-refractivity contribution in [3.8, 4) is 0 Å². The number of hydrogen-bond donors (Lipinski definition) is 9. The Balaban J connectivity index is -0.000000500. The Morgan fingerprint density at radius 2 is 1.44 bits per heavy atom. The number of nitrogens with one attached hydrogen (secondary N) is 4. The lowest BCUT2D eigenvalue weighted by molar-refractivity contribution is -0.107. The first-order valence-corrected chi connectivity index (χ1v) is 27.9. The summed E-state index contributed by atoms with van der Waals surface area (Å²) in [6, 6.07) is 16.5. The quantitative estimate of drug-likeness (QED) is 0.0271. The van der Waals surface area contributed by atoms with E-state index < -0.39 is 0 Å². The molecule has 440 valence electrons. The fourth-order valence-electron chi connectivity index (χ4n) is 6.90. The van der Waals surface area contributed by atoms with E-state index in [1.165, 1.54) is 51.9 Å². The van der Waals surface area contributed by atoms with E-state index in [9.17, 15) is 4.79 Å². The number of fused-ring (bicyclic) bond motifs is 4. The topological polar surface area (TPSA) is 244 Å². The number of anilines is 5. The Bertz CT molecular complexity index is 2130. The number of nitrogens with two attached hydrogens (primary N) is 4. The van der Waals surface area contributed by atoms with Crippen LogP contribution in [0.15, 0.2) is 80.5 Å². The first-order chi connectivity index (χ1) is 36.8. The van der Waals surface area contributed by atoms with Gasteiger partial charge in [-0.05, 0) is 69.5 Å². The third-order valence-corrected chi connectivity index (χ3v) is 10.5. The lowest BCUT2D eigenvalue weighted by Crippen LogP contribution is -2.53. The van der Waals surface area contributed by atoms with Gasteiger partial charge in [-0.3, -0.25) is 5.73 Å². The second-order valence-electron chi connectivity index (χ2n) is 18.7. The minimum Gasteiger partial charge on any atom is -0.396 e. The highest BCUT2D eigenvalue weighted by atomic mass is 16.5. The maximum Gasteiger partial charge on any atom is 0.159 e. The molecule has 0 fully saturated rings. The number of benzene rings is 2. The van der Waals surface area contributed by atoms with E-state index in [0.717, 1.165) is 83.1 Å². The maximum atomic E-state index is 9.17. The Morgan fingerprint density at radius 1 is 0.896 bits per heavy atom. The van der Waals surface area contributed by atoms with Crippen LogP contribution in [0.25, 0.3) is 22.3 Å². The zero-order valence-corrected chi connectivity index (χ0v) is 51.9. The van der Waals surface area contributed by atoms with Crippen LogP contribution in [0.1, 0.15) is 166 Å². The summed E-state index contributed by atoms with van der Waals surface area (Å²) in [6.45, 7) is 45.5. The van der Waals surface area contributed by atoms with Crippen LogP contribution in [-0.2, 0) is 16.1 Å². The van der Waals surface area contributed by atoms with Gasteiger partial charge >= 0.3 is 0 Å². The summed E-state index contributed by atoms with van der Waals surface area (Å²) < 4.78 is 5.45. The number of allylic oxidation sites excluding steroid dienone is 1. The van der Waals surface area contributed by atoms with Gasteiger partial charge in [0.15, 0.2) is 12.1 Å². The minimum atomic E-state index is -0.345. The van der Waals surface area contributed by atoms with Crippen LogP contribution in [-0.4, -0.2) is 93.4 Å². The number of nitrogen functional groups attached to an aromatic ring is 1. The van der Waals surface area contributed by atoms with E-state index in [4.69, 9.17) is 21.3 Å². The summed E-state index contributed by atoms with van der Waals surface area (Å²) in [5.41, 5.74) is 29.9. The van der Waals surface area contributed by atoms with Crippen LogP contribution in [0.3, 0.4) is 0 Å². The van der Waals surface area contributed by atoms with Crippen molar-refractivity contribution < 1.29 is 14.6 Å². The van der Waals surface area contributed by atoms with E-state index in [1.807, 2.05) is 112 Å². The highest BCUT2D eigenvalue weighted by Crippen LogP contribution is 2.45. The number of pyridine rings is 1. The molecule has 6 rings (SSSR count). The number of nitrogens with zero attached hydrogens (tertiary/aromatic N) is 5. The fraction of sp³-hybridized carbons (Fsp3) is 0.574. The molecule has 4 heterocycles. The zero-order chi connectivity index (χ0) is 60.2. The lowest BCUT2D eigenvalue weighted by Gasteiger charge is -2.35. The number of carbonyl (C=O) groups excluding carboxylic acids is 1. The van der Waals surface area contributed by atoms with Crippen molar-refractivity contribution >= 4 is 57.3 Å². The third-order valence-electron chi connectivity index (χ3n) is 10.5. The molecule has 4 aromatic rings.